The van der Waals surface area contributed by atoms with E-state index in [9.17, 15) is 0 Å². The molecule has 0 aliphatic carbocycles. The zero-order chi connectivity index (χ0) is 9.57. The molecular weight excluding hydrogens is 166 g/mol. The second kappa shape index (κ2) is 4.39. The van der Waals surface area contributed by atoms with Crippen molar-refractivity contribution in [3.8, 4) is 0 Å². The fourth-order valence-electron chi connectivity index (χ4n) is 0.670. The highest BCUT2D eigenvalue weighted by molar-refractivity contribution is 6.17. The van der Waals surface area contributed by atoms with E-state index < -0.39 is 0 Å². The van der Waals surface area contributed by atoms with Crippen molar-refractivity contribution in [3.63, 3.8) is 0 Å². The quantitative estimate of drug-likeness (QED) is 0.587. The zero-order valence-electron chi connectivity index (χ0n) is 7.62. The summed E-state index contributed by atoms with van der Waals surface area (Å²) in [5, 5.41) is 0. The van der Waals surface area contributed by atoms with Gasteiger partial charge in [0, 0.05) is 12.4 Å². The number of nitrogens with zero attached hydrogens (tertiary/aromatic N) is 5. The summed E-state index contributed by atoms with van der Waals surface area (Å²) in [4.78, 5) is 18.7. The Morgan fingerprint density at radius 2 is 1.15 bits per heavy atom. The fourth-order valence-corrected chi connectivity index (χ4v) is 0.670. The number of hydrogen-bond acceptors (Lipinski definition) is 5. The molecule has 0 fully saturated rings. The fraction of sp³-hybridized carbons (Fsp3) is 0.375. The average Bonchev–Trinajstić information content (AvgIpc) is 2.54. The monoisotopic (exact) mass is 177 g/mol. The Bertz CT molecular complexity index is 250. The number of hydrogen-bond donors (Lipinski definition) is 0. The van der Waals surface area contributed by atoms with E-state index in [4.69, 9.17) is 0 Å². The first-order chi connectivity index (χ1) is 6.21. The highest BCUT2D eigenvalue weighted by Crippen LogP contribution is 2.10. The Morgan fingerprint density at radius 3 is 1.31 bits per heavy atom. The van der Waals surface area contributed by atoms with Crippen LogP contribution >= 0.6 is 0 Å². The van der Waals surface area contributed by atoms with E-state index in [2.05, 4.69) is 24.9 Å². The molecule has 1 aromatic heterocycles. The molecule has 1 aliphatic heterocycles. The van der Waals surface area contributed by atoms with E-state index in [1.807, 2.05) is 13.8 Å². The lowest BCUT2D eigenvalue weighted by molar-refractivity contribution is 0.569. The van der Waals surface area contributed by atoms with Gasteiger partial charge in [0.15, 0.2) is 0 Å². The summed E-state index contributed by atoms with van der Waals surface area (Å²) in [5.74, 6) is 0. The minimum Gasteiger partial charge on any atom is -0.262 e. The van der Waals surface area contributed by atoms with Gasteiger partial charge in [-0.3, -0.25) is 9.98 Å². The van der Waals surface area contributed by atoms with Gasteiger partial charge < -0.3 is 0 Å². The van der Waals surface area contributed by atoms with Gasteiger partial charge in [0.1, 0.15) is 24.6 Å². The van der Waals surface area contributed by atoms with Crippen LogP contribution in [0.4, 0.5) is 0 Å². The van der Waals surface area contributed by atoms with Gasteiger partial charge in [0.05, 0.1) is 0 Å². The molecule has 2 rings (SSSR count). The largest absolute Gasteiger partial charge is 0.262 e. The van der Waals surface area contributed by atoms with Gasteiger partial charge in [-0.25, -0.2) is 15.0 Å². The summed E-state index contributed by atoms with van der Waals surface area (Å²) in [6, 6.07) is 0. The van der Waals surface area contributed by atoms with Crippen molar-refractivity contribution in [1.82, 2.24) is 15.0 Å². The van der Waals surface area contributed by atoms with Crippen molar-refractivity contribution in [2.45, 2.75) is 19.5 Å². The van der Waals surface area contributed by atoms with Crippen LogP contribution < -0.4 is 0 Å². The molecule has 5 heteroatoms. The highest BCUT2D eigenvalue weighted by Gasteiger charge is 2.12. The van der Waals surface area contributed by atoms with Gasteiger partial charge in [0.2, 0.25) is 0 Å². The molecule has 0 saturated heterocycles. The normalized spacial score (nSPS) is 16.5. The van der Waals surface area contributed by atoms with E-state index in [1.165, 1.54) is 19.0 Å². The minimum atomic E-state index is -0.167. The van der Waals surface area contributed by atoms with Crippen LogP contribution in [0.5, 0.6) is 0 Å². The van der Waals surface area contributed by atoms with Crippen LogP contribution in [0.2, 0.25) is 0 Å². The van der Waals surface area contributed by atoms with Crippen molar-refractivity contribution < 1.29 is 0 Å². The molecule has 1 aliphatic rings. The second-order valence-corrected chi connectivity index (χ2v) is 2.84. The van der Waals surface area contributed by atoms with E-state index >= 15 is 0 Å². The van der Waals surface area contributed by atoms with Gasteiger partial charge in [-0.05, 0) is 13.8 Å². The molecule has 0 unspecified atom stereocenters. The number of rotatable bonds is 0. The standard InChI is InChI=1S/C5H8N2.C3H3N3/c1-5(2)6-3-4-7-5;1-4-2-6-3-5-1/h3-4H,1-2H3;1-3H. The Kier molecular flexibility index (Phi) is 3.19. The molecule has 0 saturated carbocycles. The lowest BCUT2D eigenvalue weighted by Gasteiger charge is -2.06. The molecule has 0 atom stereocenters. The lowest BCUT2D eigenvalue weighted by Crippen LogP contribution is -2.07. The first-order valence-corrected chi connectivity index (χ1v) is 3.85. The van der Waals surface area contributed by atoms with Crippen molar-refractivity contribution in [2.24, 2.45) is 9.98 Å². The summed E-state index contributed by atoms with van der Waals surface area (Å²) in [6.07, 6.45) is 7.76. The summed E-state index contributed by atoms with van der Waals surface area (Å²) in [7, 11) is 0. The molecular formula is C8H11N5. The smallest absolute Gasteiger partial charge is 0.144 e. The van der Waals surface area contributed by atoms with Crippen molar-refractivity contribution in [2.75, 3.05) is 0 Å². The average molecular weight is 177 g/mol. The summed E-state index contributed by atoms with van der Waals surface area (Å²) in [5.41, 5.74) is -0.167. The first kappa shape index (κ1) is 9.44. The summed E-state index contributed by atoms with van der Waals surface area (Å²) in [6.45, 7) is 3.93. The van der Waals surface area contributed by atoms with Crippen molar-refractivity contribution in [3.05, 3.63) is 19.0 Å². The second-order valence-electron chi connectivity index (χ2n) is 2.84. The van der Waals surface area contributed by atoms with Crippen LogP contribution in [0.1, 0.15) is 13.8 Å². The Labute approximate surface area is 76.7 Å². The van der Waals surface area contributed by atoms with Crippen LogP contribution in [0.25, 0.3) is 0 Å². The topological polar surface area (TPSA) is 63.4 Å². The predicted molar refractivity (Wildman–Crippen MR) is 50.9 cm³/mol. The Balaban J connectivity index is 0.000000132. The van der Waals surface area contributed by atoms with Gasteiger partial charge in [-0.1, -0.05) is 0 Å². The first-order valence-electron chi connectivity index (χ1n) is 3.85. The Hall–Kier alpha value is -1.65. The minimum absolute atomic E-state index is 0.167. The maximum Gasteiger partial charge on any atom is 0.144 e. The van der Waals surface area contributed by atoms with Gasteiger partial charge in [-0.2, -0.15) is 0 Å². The molecule has 1 aromatic rings. The molecule has 0 radical (unpaired) electrons. The summed E-state index contributed by atoms with van der Waals surface area (Å²) < 4.78 is 0. The van der Waals surface area contributed by atoms with Crippen molar-refractivity contribution in [1.29, 1.82) is 0 Å². The molecule has 0 N–H and O–H groups in total. The SMILES string of the molecule is CC1(C)N=CC=N1.c1ncncn1. The highest BCUT2D eigenvalue weighted by atomic mass is 15.1. The number of aliphatic imine (C=N–C) groups is 2. The molecule has 0 amide bonds. The van der Waals surface area contributed by atoms with Crippen LogP contribution in [0, 0.1) is 0 Å². The Morgan fingerprint density at radius 1 is 0.769 bits per heavy atom. The van der Waals surface area contributed by atoms with E-state index in [1.54, 1.807) is 12.4 Å². The van der Waals surface area contributed by atoms with Gasteiger partial charge in [0.25, 0.3) is 0 Å². The van der Waals surface area contributed by atoms with E-state index in [0.29, 0.717) is 0 Å². The van der Waals surface area contributed by atoms with Crippen LogP contribution in [0.15, 0.2) is 29.0 Å². The van der Waals surface area contributed by atoms with Crippen LogP contribution in [-0.4, -0.2) is 33.0 Å². The summed E-state index contributed by atoms with van der Waals surface area (Å²) >= 11 is 0. The third-order valence-electron chi connectivity index (χ3n) is 1.25. The maximum absolute atomic E-state index is 4.02. The van der Waals surface area contributed by atoms with Crippen LogP contribution in [0.3, 0.4) is 0 Å². The lowest BCUT2D eigenvalue weighted by atomic mass is 10.3. The molecule has 0 aromatic carbocycles. The predicted octanol–water partition coefficient (Wildman–Crippen LogP) is 0.749. The molecule has 68 valence electrons. The third-order valence-corrected chi connectivity index (χ3v) is 1.25. The van der Waals surface area contributed by atoms with E-state index in [-0.39, 0.29) is 5.66 Å². The third kappa shape index (κ3) is 4.05. The molecule has 13 heavy (non-hydrogen) atoms. The van der Waals surface area contributed by atoms with Crippen molar-refractivity contribution >= 4 is 12.4 Å². The maximum atomic E-state index is 4.02. The number of aromatic nitrogens is 3. The van der Waals surface area contributed by atoms with E-state index in [0.717, 1.165) is 0 Å². The van der Waals surface area contributed by atoms with Gasteiger partial charge >= 0.3 is 0 Å². The molecule has 5 nitrogen and oxygen atoms in total. The molecule has 0 spiro atoms. The molecule has 2 heterocycles. The molecule has 0 bridgehead atoms. The van der Waals surface area contributed by atoms with Gasteiger partial charge in [-0.15, -0.1) is 0 Å². The zero-order valence-corrected chi connectivity index (χ0v) is 7.62. The van der Waals surface area contributed by atoms with Crippen LogP contribution in [-0.2, 0) is 0 Å².